The van der Waals surface area contributed by atoms with E-state index >= 15 is 0 Å². The number of nitrogens with one attached hydrogen (secondary N) is 1. The zero-order valence-electron chi connectivity index (χ0n) is 6.83. The van der Waals surface area contributed by atoms with E-state index in [1.807, 2.05) is 0 Å². The van der Waals surface area contributed by atoms with Crippen molar-refractivity contribution in [2.75, 3.05) is 0 Å². The molecule has 0 bridgehead atoms. The monoisotopic (exact) mass is 167 g/mol. The van der Waals surface area contributed by atoms with Crippen molar-refractivity contribution in [3.8, 4) is 5.75 Å². The first-order chi connectivity index (χ1) is 5.70. The van der Waals surface area contributed by atoms with E-state index in [9.17, 15) is 5.11 Å². The summed E-state index contributed by atoms with van der Waals surface area (Å²) in [6.07, 6.45) is 1.49. The van der Waals surface area contributed by atoms with Crippen LogP contribution in [0.1, 0.15) is 16.8 Å². The SMILES string of the molecule is Cc1ncc(CO)c(C[NH])c1O. The molecular formula is C8H11N2O2. The molecule has 0 saturated carbocycles. The van der Waals surface area contributed by atoms with Crippen molar-refractivity contribution >= 4 is 0 Å². The van der Waals surface area contributed by atoms with Crippen LogP contribution in [0.2, 0.25) is 0 Å². The summed E-state index contributed by atoms with van der Waals surface area (Å²) >= 11 is 0. The molecule has 0 saturated heterocycles. The summed E-state index contributed by atoms with van der Waals surface area (Å²) < 4.78 is 0. The highest BCUT2D eigenvalue weighted by Crippen LogP contribution is 2.23. The Morgan fingerprint density at radius 2 is 2.25 bits per heavy atom. The quantitative estimate of drug-likeness (QED) is 0.668. The number of rotatable bonds is 2. The third-order valence-electron chi connectivity index (χ3n) is 1.78. The maximum atomic E-state index is 9.42. The molecule has 4 heteroatoms. The number of aromatic nitrogens is 1. The Hall–Kier alpha value is -1.13. The maximum Gasteiger partial charge on any atom is 0.141 e. The Morgan fingerprint density at radius 3 is 2.75 bits per heavy atom. The Balaban J connectivity index is 3.25. The van der Waals surface area contributed by atoms with Crippen LogP contribution in [0.25, 0.3) is 0 Å². The molecule has 3 N–H and O–H groups in total. The summed E-state index contributed by atoms with van der Waals surface area (Å²) in [5.74, 6) is 0.0246. The van der Waals surface area contributed by atoms with E-state index < -0.39 is 0 Å². The van der Waals surface area contributed by atoms with Gasteiger partial charge in [0.2, 0.25) is 0 Å². The van der Waals surface area contributed by atoms with E-state index in [2.05, 4.69) is 4.98 Å². The second-order valence-corrected chi connectivity index (χ2v) is 2.53. The van der Waals surface area contributed by atoms with Crippen LogP contribution in [0.4, 0.5) is 0 Å². The number of nitrogens with zero attached hydrogens (tertiary/aromatic N) is 1. The van der Waals surface area contributed by atoms with Crippen LogP contribution in [0, 0.1) is 6.92 Å². The number of aryl methyl sites for hydroxylation is 1. The van der Waals surface area contributed by atoms with Crippen LogP contribution in [0.3, 0.4) is 0 Å². The third-order valence-corrected chi connectivity index (χ3v) is 1.78. The van der Waals surface area contributed by atoms with Gasteiger partial charge in [0.1, 0.15) is 5.75 Å². The molecule has 12 heavy (non-hydrogen) atoms. The number of hydrogen-bond acceptors (Lipinski definition) is 3. The van der Waals surface area contributed by atoms with Crippen LogP contribution in [-0.4, -0.2) is 15.2 Å². The fraction of sp³-hybridized carbons (Fsp3) is 0.375. The number of aliphatic hydroxyl groups is 1. The van der Waals surface area contributed by atoms with Gasteiger partial charge < -0.3 is 10.2 Å². The van der Waals surface area contributed by atoms with E-state index in [0.29, 0.717) is 16.8 Å². The van der Waals surface area contributed by atoms with Crippen LogP contribution in [-0.2, 0) is 13.2 Å². The van der Waals surface area contributed by atoms with E-state index in [-0.39, 0.29) is 18.9 Å². The average molecular weight is 167 g/mol. The van der Waals surface area contributed by atoms with E-state index in [1.165, 1.54) is 6.20 Å². The van der Waals surface area contributed by atoms with Gasteiger partial charge >= 0.3 is 0 Å². The molecule has 1 heterocycles. The molecule has 0 atom stereocenters. The van der Waals surface area contributed by atoms with Crippen molar-refractivity contribution in [3.63, 3.8) is 0 Å². The Morgan fingerprint density at radius 1 is 1.58 bits per heavy atom. The lowest BCUT2D eigenvalue weighted by Crippen LogP contribution is -1.98. The van der Waals surface area contributed by atoms with Gasteiger partial charge in [-0.25, -0.2) is 0 Å². The molecule has 4 nitrogen and oxygen atoms in total. The predicted octanol–water partition coefficient (Wildman–Crippen LogP) is 0.371. The highest BCUT2D eigenvalue weighted by atomic mass is 16.3. The van der Waals surface area contributed by atoms with E-state index in [0.717, 1.165) is 0 Å². The predicted molar refractivity (Wildman–Crippen MR) is 43.4 cm³/mol. The summed E-state index contributed by atoms with van der Waals surface area (Å²) in [4.78, 5) is 3.86. The minimum absolute atomic E-state index is 0.0246. The van der Waals surface area contributed by atoms with Crippen molar-refractivity contribution in [1.82, 2.24) is 10.7 Å². The lowest BCUT2D eigenvalue weighted by molar-refractivity contribution is 0.279. The second kappa shape index (κ2) is 3.51. The first-order valence-corrected chi connectivity index (χ1v) is 3.62. The van der Waals surface area contributed by atoms with Crippen LogP contribution in [0.15, 0.2) is 6.20 Å². The molecule has 0 unspecified atom stereocenters. The van der Waals surface area contributed by atoms with Crippen LogP contribution in [0.5, 0.6) is 5.75 Å². The number of pyridine rings is 1. The minimum Gasteiger partial charge on any atom is -0.506 e. The van der Waals surface area contributed by atoms with Gasteiger partial charge in [-0.2, -0.15) is 0 Å². The van der Waals surface area contributed by atoms with E-state index in [1.54, 1.807) is 6.92 Å². The minimum atomic E-state index is -0.185. The lowest BCUT2D eigenvalue weighted by atomic mass is 10.1. The molecule has 1 aromatic rings. The third kappa shape index (κ3) is 1.39. The second-order valence-electron chi connectivity index (χ2n) is 2.53. The normalized spacial score (nSPS) is 10.2. The number of hydrogen-bond donors (Lipinski definition) is 2. The summed E-state index contributed by atoms with van der Waals surface area (Å²) in [5.41, 5.74) is 8.61. The molecule has 0 amide bonds. The summed E-state index contributed by atoms with van der Waals surface area (Å²) in [5, 5.41) is 18.2. The molecule has 0 aliphatic heterocycles. The van der Waals surface area contributed by atoms with Gasteiger partial charge in [-0.1, -0.05) is 0 Å². The fourth-order valence-corrected chi connectivity index (χ4v) is 1.02. The molecule has 1 aromatic heterocycles. The zero-order valence-corrected chi connectivity index (χ0v) is 6.83. The molecule has 1 rings (SSSR count). The fourth-order valence-electron chi connectivity index (χ4n) is 1.02. The molecular weight excluding hydrogens is 156 g/mol. The Labute approximate surface area is 70.7 Å². The molecule has 0 aromatic carbocycles. The lowest BCUT2D eigenvalue weighted by Gasteiger charge is -2.07. The van der Waals surface area contributed by atoms with Gasteiger partial charge in [0, 0.05) is 23.9 Å². The number of aliphatic hydroxyl groups excluding tert-OH is 1. The topological polar surface area (TPSA) is 77.2 Å². The first kappa shape index (κ1) is 8.96. The standard InChI is InChI=1S/C8H11N2O2/c1-5-8(12)7(2-9)6(4-11)3-10-5/h3,9,11-12H,2,4H2,1H3. The molecule has 0 spiro atoms. The number of aromatic hydroxyl groups is 1. The van der Waals surface area contributed by atoms with Gasteiger partial charge in [-0.15, -0.1) is 0 Å². The van der Waals surface area contributed by atoms with Gasteiger partial charge in [0.15, 0.2) is 0 Å². The smallest absolute Gasteiger partial charge is 0.141 e. The molecule has 0 aliphatic rings. The molecule has 65 valence electrons. The van der Waals surface area contributed by atoms with Crippen molar-refractivity contribution in [2.45, 2.75) is 20.1 Å². The molecule has 1 radical (unpaired) electrons. The average Bonchev–Trinajstić information content (AvgIpc) is 2.09. The Bertz CT molecular complexity index is 287. The van der Waals surface area contributed by atoms with Crippen molar-refractivity contribution < 1.29 is 10.2 Å². The van der Waals surface area contributed by atoms with Gasteiger partial charge in [-0.3, -0.25) is 10.7 Å². The van der Waals surface area contributed by atoms with Gasteiger partial charge in [-0.05, 0) is 6.92 Å². The summed E-state index contributed by atoms with van der Waals surface area (Å²) in [7, 11) is 0. The summed E-state index contributed by atoms with van der Waals surface area (Å²) in [6.45, 7) is 1.44. The van der Waals surface area contributed by atoms with Crippen molar-refractivity contribution in [3.05, 3.63) is 23.0 Å². The highest BCUT2D eigenvalue weighted by molar-refractivity contribution is 5.40. The summed E-state index contributed by atoms with van der Waals surface area (Å²) in [6, 6.07) is 0. The first-order valence-electron chi connectivity index (χ1n) is 3.62. The highest BCUT2D eigenvalue weighted by Gasteiger charge is 2.08. The van der Waals surface area contributed by atoms with Crippen LogP contribution >= 0.6 is 0 Å². The van der Waals surface area contributed by atoms with Gasteiger partial charge in [0.05, 0.1) is 12.3 Å². The van der Waals surface area contributed by atoms with Crippen molar-refractivity contribution in [1.29, 1.82) is 0 Å². The molecule has 0 aliphatic carbocycles. The maximum absolute atomic E-state index is 9.42. The van der Waals surface area contributed by atoms with Crippen molar-refractivity contribution in [2.24, 2.45) is 0 Å². The zero-order chi connectivity index (χ0) is 9.14. The largest absolute Gasteiger partial charge is 0.506 e. The molecule has 0 fully saturated rings. The van der Waals surface area contributed by atoms with E-state index in [4.69, 9.17) is 10.8 Å². The van der Waals surface area contributed by atoms with Crippen LogP contribution < -0.4 is 5.73 Å². The van der Waals surface area contributed by atoms with Gasteiger partial charge in [0.25, 0.3) is 0 Å². The Kier molecular flexibility index (Phi) is 2.62.